The molecule has 11 nitrogen and oxygen atoms in total. The first-order valence-corrected chi connectivity index (χ1v) is 14.9. The topological polar surface area (TPSA) is 162 Å². The number of amides is 2. The first-order valence-electron chi connectivity index (χ1n) is 12.7. The molecular formula is C26H31N7O4S2. The van der Waals surface area contributed by atoms with Crippen LogP contribution in [0.3, 0.4) is 0 Å². The minimum absolute atomic E-state index is 0.00746. The van der Waals surface area contributed by atoms with E-state index in [1.165, 1.54) is 28.8 Å². The predicted octanol–water partition coefficient (Wildman–Crippen LogP) is 1.27. The number of nitrogens with two attached hydrogens (primary N) is 1. The number of nitrogens with zero attached hydrogens (tertiary/aromatic N) is 3. The summed E-state index contributed by atoms with van der Waals surface area (Å²) < 4.78 is 28.7. The maximum Gasteiger partial charge on any atom is 0.283 e. The van der Waals surface area contributed by atoms with Crippen LogP contribution in [0.2, 0.25) is 0 Å². The van der Waals surface area contributed by atoms with Gasteiger partial charge in [-0.3, -0.25) is 15.0 Å². The number of hydrogen-bond donors (Lipinski definition) is 4. The zero-order valence-electron chi connectivity index (χ0n) is 21.7. The van der Waals surface area contributed by atoms with Crippen LogP contribution in [0.1, 0.15) is 39.3 Å². The van der Waals surface area contributed by atoms with Gasteiger partial charge in [0, 0.05) is 62.6 Å². The quantitative estimate of drug-likeness (QED) is 0.257. The van der Waals surface area contributed by atoms with E-state index in [9.17, 15) is 18.0 Å². The molecule has 206 valence electrons. The Morgan fingerprint density at radius 2 is 1.95 bits per heavy atom. The number of carbonyl (C=O) groups is 2. The van der Waals surface area contributed by atoms with Crippen LogP contribution < -0.4 is 16.4 Å². The molecule has 2 aliphatic heterocycles. The molecule has 0 saturated carbocycles. The van der Waals surface area contributed by atoms with E-state index in [-0.39, 0.29) is 54.6 Å². The molecule has 0 radical (unpaired) electrons. The molecule has 0 aliphatic carbocycles. The molecule has 1 saturated heterocycles. The van der Waals surface area contributed by atoms with Gasteiger partial charge in [-0.1, -0.05) is 18.2 Å². The van der Waals surface area contributed by atoms with Crippen molar-refractivity contribution in [3.8, 4) is 0 Å². The fraction of sp³-hybridized carbons (Fsp3) is 0.385. The van der Waals surface area contributed by atoms with Crippen LogP contribution in [-0.4, -0.2) is 79.0 Å². The van der Waals surface area contributed by atoms with E-state index in [4.69, 9.17) is 11.1 Å². The van der Waals surface area contributed by atoms with Crippen LogP contribution >= 0.6 is 11.3 Å². The van der Waals surface area contributed by atoms with Gasteiger partial charge in [-0.25, -0.2) is 13.4 Å². The summed E-state index contributed by atoms with van der Waals surface area (Å²) in [4.78, 5) is 33.3. The number of carbonyl (C=O) groups excluding carboxylic acids is 2. The highest BCUT2D eigenvalue weighted by molar-refractivity contribution is 7.89. The van der Waals surface area contributed by atoms with E-state index >= 15 is 0 Å². The fourth-order valence-electron chi connectivity index (χ4n) is 5.03. The molecule has 39 heavy (non-hydrogen) atoms. The van der Waals surface area contributed by atoms with Crippen LogP contribution in [0, 0.1) is 5.41 Å². The molecule has 2 unspecified atom stereocenters. The van der Waals surface area contributed by atoms with Gasteiger partial charge in [-0.15, -0.1) is 11.3 Å². The number of hydrogen-bond acceptors (Lipinski definition) is 8. The van der Waals surface area contributed by atoms with Crippen molar-refractivity contribution in [3.05, 3.63) is 57.5 Å². The Hall–Kier alpha value is -3.39. The summed E-state index contributed by atoms with van der Waals surface area (Å²) in [5.41, 5.74) is 7.06. The molecule has 3 aromatic rings. The van der Waals surface area contributed by atoms with E-state index in [1.807, 2.05) is 0 Å². The van der Waals surface area contributed by atoms with Gasteiger partial charge < -0.3 is 21.3 Å². The van der Waals surface area contributed by atoms with Gasteiger partial charge in [0.15, 0.2) is 5.01 Å². The summed E-state index contributed by atoms with van der Waals surface area (Å²) in [5.74, 6) is -0.618. The summed E-state index contributed by atoms with van der Waals surface area (Å²) in [6.45, 7) is 2.97. The van der Waals surface area contributed by atoms with Crippen molar-refractivity contribution in [2.75, 3.05) is 26.7 Å². The van der Waals surface area contributed by atoms with Gasteiger partial charge in [0.2, 0.25) is 15.9 Å². The van der Waals surface area contributed by atoms with Crippen molar-refractivity contribution >= 4 is 49.8 Å². The molecule has 0 bridgehead atoms. The fourth-order valence-corrected chi connectivity index (χ4v) is 7.53. The highest BCUT2D eigenvalue weighted by Crippen LogP contribution is 2.29. The molecule has 1 aromatic heterocycles. The summed E-state index contributed by atoms with van der Waals surface area (Å²) >= 11 is 1.35. The van der Waals surface area contributed by atoms with Crippen LogP contribution in [0.5, 0.6) is 0 Å². The van der Waals surface area contributed by atoms with Gasteiger partial charge in [-0.05, 0) is 35.9 Å². The zero-order valence-corrected chi connectivity index (χ0v) is 23.4. The standard InChI is InChI=1S/C26H31N7O4S2/c1-15-9-21-22(13-30-15)38-25(31-21)26(35)33-8-7-32(14-19(33)12-23(34)29-2)39(36,37)20-6-5-16-10-18(24(27)28)4-3-17(16)11-20/h3-6,10-11,15,19,30H,7-9,12-14H2,1-2H3,(H3,27,28)(H,29,34). The van der Waals surface area contributed by atoms with Gasteiger partial charge in [0.25, 0.3) is 5.91 Å². The van der Waals surface area contributed by atoms with Crippen LogP contribution in [0.25, 0.3) is 10.8 Å². The second-order valence-corrected chi connectivity index (χ2v) is 12.9. The van der Waals surface area contributed by atoms with Crippen molar-refractivity contribution in [2.24, 2.45) is 5.73 Å². The number of nitrogen functional groups attached to an aromatic ring is 1. The molecule has 1 fully saturated rings. The zero-order chi connectivity index (χ0) is 27.9. The SMILES string of the molecule is CNC(=O)CC1CN(S(=O)(=O)c2ccc3cc(C(=N)N)ccc3c2)CCN1C(=O)c1nc2c(s1)CNC(C)C2. The summed E-state index contributed by atoms with van der Waals surface area (Å²) in [5, 5.41) is 15.4. The Balaban J connectivity index is 1.40. The normalized spacial score (nSPS) is 20.0. The molecule has 2 aliphatic rings. The third-order valence-corrected chi connectivity index (χ3v) is 10.2. The summed E-state index contributed by atoms with van der Waals surface area (Å²) in [6, 6.07) is 9.61. The van der Waals surface area contributed by atoms with E-state index in [1.54, 1.807) is 35.2 Å². The first-order chi connectivity index (χ1) is 18.6. The van der Waals surface area contributed by atoms with Gasteiger partial charge in [0.1, 0.15) is 5.84 Å². The maximum absolute atomic E-state index is 13.7. The van der Waals surface area contributed by atoms with Crippen LogP contribution in [0.4, 0.5) is 0 Å². The lowest BCUT2D eigenvalue weighted by molar-refractivity contribution is -0.121. The molecule has 2 aromatic carbocycles. The molecule has 13 heteroatoms. The van der Waals surface area contributed by atoms with Crippen LogP contribution in [-0.2, 0) is 27.8 Å². The average molecular weight is 570 g/mol. The van der Waals surface area contributed by atoms with Crippen molar-refractivity contribution in [1.82, 2.24) is 24.8 Å². The van der Waals surface area contributed by atoms with Crippen molar-refractivity contribution in [3.63, 3.8) is 0 Å². The van der Waals surface area contributed by atoms with E-state index < -0.39 is 16.1 Å². The third kappa shape index (κ3) is 5.39. The number of aromatic nitrogens is 1. The number of amidine groups is 1. The van der Waals surface area contributed by atoms with E-state index in [0.29, 0.717) is 22.5 Å². The second kappa shape index (κ2) is 10.6. The molecule has 2 amide bonds. The number of fused-ring (bicyclic) bond motifs is 2. The van der Waals surface area contributed by atoms with Crippen molar-refractivity contribution in [2.45, 2.75) is 43.3 Å². The summed E-state index contributed by atoms with van der Waals surface area (Å²) in [7, 11) is -2.39. The Bertz CT molecular complexity index is 1570. The van der Waals surface area contributed by atoms with Gasteiger partial charge in [0.05, 0.1) is 16.6 Å². The lowest BCUT2D eigenvalue weighted by Crippen LogP contribution is -2.57. The van der Waals surface area contributed by atoms with Gasteiger partial charge >= 0.3 is 0 Å². The minimum Gasteiger partial charge on any atom is -0.384 e. The molecule has 5 rings (SSSR count). The Morgan fingerprint density at radius 3 is 2.69 bits per heavy atom. The number of benzene rings is 2. The van der Waals surface area contributed by atoms with Gasteiger partial charge in [-0.2, -0.15) is 4.31 Å². The number of piperazine rings is 1. The highest BCUT2D eigenvalue weighted by atomic mass is 32.2. The summed E-state index contributed by atoms with van der Waals surface area (Å²) in [6.07, 6.45) is 0.720. The molecule has 0 spiro atoms. The Morgan fingerprint density at radius 1 is 1.21 bits per heavy atom. The Labute approximate surface area is 230 Å². The molecular weight excluding hydrogens is 538 g/mol. The molecule has 2 atom stereocenters. The van der Waals surface area contributed by atoms with E-state index in [0.717, 1.165) is 22.4 Å². The monoisotopic (exact) mass is 569 g/mol. The number of thiazole rings is 1. The largest absolute Gasteiger partial charge is 0.384 e. The highest BCUT2D eigenvalue weighted by Gasteiger charge is 2.38. The molecule has 5 N–H and O–H groups in total. The Kier molecular flexibility index (Phi) is 7.42. The number of nitrogens with one attached hydrogen (secondary N) is 3. The van der Waals surface area contributed by atoms with E-state index in [2.05, 4.69) is 22.5 Å². The van der Waals surface area contributed by atoms with Crippen molar-refractivity contribution in [1.29, 1.82) is 5.41 Å². The lowest BCUT2D eigenvalue weighted by Gasteiger charge is -2.40. The number of sulfonamides is 1. The first kappa shape index (κ1) is 27.2. The average Bonchev–Trinajstić information content (AvgIpc) is 3.35. The maximum atomic E-state index is 13.7. The second-order valence-electron chi connectivity index (χ2n) is 9.91. The third-order valence-electron chi connectivity index (χ3n) is 7.24. The smallest absolute Gasteiger partial charge is 0.283 e. The number of rotatable bonds is 6. The lowest BCUT2D eigenvalue weighted by atomic mass is 10.1. The van der Waals surface area contributed by atoms with Crippen LogP contribution in [0.15, 0.2) is 41.3 Å². The minimum atomic E-state index is -3.90. The molecule has 3 heterocycles. The predicted molar refractivity (Wildman–Crippen MR) is 149 cm³/mol. The van der Waals surface area contributed by atoms with Crippen molar-refractivity contribution < 1.29 is 18.0 Å².